The lowest BCUT2D eigenvalue weighted by molar-refractivity contribution is -0.384. The molecule has 0 bridgehead atoms. The van der Waals surface area contributed by atoms with Crippen molar-refractivity contribution in [2.24, 2.45) is 5.10 Å². The van der Waals surface area contributed by atoms with Gasteiger partial charge in [-0.15, -0.1) is 0 Å². The van der Waals surface area contributed by atoms with E-state index < -0.39 is 4.92 Å². The van der Waals surface area contributed by atoms with Crippen LogP contribution in [0, 0.1) is 21.4 Å². The average Bonchev–Trinajstić information content (AvgIpc) is 2.55. The molecule has 0 aliphatic heterocycles. The number of nitriles is 1. The molecule has 23 heavy (non-hydrogen) atoms. The molecule has 1 N–H and O–H groups in total. The number of nitrogens with zero attached hydrogens (tertiary/aromatic N) is 3. The second kappa shape index (κ2) is 7.47. The zero-order valence-corrected chi connectivity index (χ0v) is 12.0. The lowest BCUT2D eigenvalue weighted by Gasteiger charge is -2.01. The average molecular weight is 308 g/mol. The standard InChI is InChI=1S/C16H12N4O3/c17-10-13-3-1-2-4-14(13)11-18-19-16(21)9-12-5-7-15(8-6-12)20(22)23/h1-8,11H,9H2,(H,19,21)/b18-11+. The van der Waals surface area contributed by atoms with E-state index >= 15 is 0 Å². The summed E-state index contributed by atoms with van der Waals surface area (Å²) in [6.45, 7) is 0. The third kappa shape index (κ3) is 4.47. The molecular weight excluding hydrogens is 296 g/mol. The Morgan fingerprint density at radius 1 is 1.26 bits per heavy atom. The monoisotopic (exact) mass is 308 g/mol. The number of nitro groups is 1. The van der Waals surface area contributed by atoms with Gasteiger partial charge >= 0.3 is 0 Å². The number of nitro benzene ring substituents is 1. The minimum atomic E-state index is -0.499. The fourth-order valence-electron chi connectivity index (χ4n) is 1.85. The lowest BCUT2D eigenvalue weighted by Crippen LogP contribution is -2.19. The fraction of sp³-hybridized carbons (Fsp3) is 0.0625. The normalized spacial score (nSPS) is 10.2. The Morgan fingerprint density at radius 3 is 2.61 bits per heavy atom. The molecular formula is C16H12N4O3. The van der Waals surface area contributed by atoms with Crippen molar-refractivity contribution in [2.45, 2.75) is 6.42 Å². The molecule has 7 nitrogen and oxygen atoms in total. The highest BCUT2D eigenvalue weighted by molar-refractivity contribution is 5.85. The van der Waals surface area contributed by atoms with Gasteiger partial charge < -0.3 is 0 Å². The van der Waals surface area contributed by atoms with Gasteiger partial charge in [-0.05, 0) is 11.6 Å². The van der Waals surface area contributed by atoms with Gasteiger partial charge in [-0.2, -0.15) is 10.4 Å². The number of hydrogen-bond donors (Lipinski definition) is 1. The van der Waals surface area contributed by atoms with E-state index in [2.05, 4.69) is 10.5 Å². The summed E-state index contributed by atoms with van der Waals surface area (Å²) < 4.78 is 0. The van der Waals surface area contributed by atoms with Crippen LogP contribution in [0.15, 0.2) is 53.6 Å². The van der Waals surface area contributed by atoms with Crippen LogP contribution in [0.4, 0.5) is 5.69 Å². The molecule has 0 saturated carbocycles. The maximum atomic E-state index is 11.8. The first-order valence-corrected chi connectivity index (χ1v) is 6.64. The van der Waals surface area contributed by atoms with Gasteiger partial charge in [0, 0.05) is 17.7 Å². The van der Waals surface area contributed by atoms with Crippen LogP contribution in [0.2, 0.25) is 0 Å². The molecule has 0 radical (unpaired) electrons. The summed E-state index contributed by atoms with van der Waals surface area (Å²) in [5.74, 6) is -0.357. The highest BCUT2D eigenvalue weighted by Gasteiger charge is 2.06. The summed E-state index contributed by atoms with van der Waals surface area (Å²) in [5.41, 5.74) is 4.03. The van der Waals surface area contributed by atoms with Crippen LogP contribution in [-0.2, 0) is 11.2 Å². The number of carbonyl (C=O) groups excluding carboxylic acids is 1. The van der Waals surface area contributed by atoms with Crippen LogP contribution >= 0.6 is 0 Å². The third-order valence-electron chi connectivity index (χ3n) is 2.99. The van der Waals surface area contributed by atoms with E-state index in [-0.39, 0.29) is 18.0 Å². The molecule has 0 heterocycles. The van der Waals surface area contributed by atoms with Crippen LogP contribution in [0.5, 0.6) is 0 Å². The van der Waals surface area contributed by atoms with Crippen LogP contribution in [0.1, 0.15) is 16.7 Å². The Balaban J connectivity index is 1.93. The minimum Gasteiger partial charge on any atom is -0.273 e. The first kappa shape index (κ1) is 15.9. The highest BCUT2D eigenvalue weighted by atomic mass is 16.6. The van der Waals surface area contributed by atoms with Crippen molar-refractivity contribution >= 4 is 17.8 Å². The lowest BCUT2D eigenvalue weighted by atomic mass is 10.1. The molecule has 0 aromatic heterocycles. The maximum Gasteiger partial charge on any atom is 0.269 e. The molecule has 2 rings (SSSR count). The topological polar surface area (TPSA) is 108 Å². The summed E-state index contributed by atoms with van der Waals surface area (Å²) in [5, 5.41) is 23.3. The minimum absolute atomic E-state index is 0.0275. The number of hydrogen-bond acceptors (Lipinski definition) is 5. The number of nitrogens with one attached hydrogen (secondary N) is 1. The Hall–Kier alpha value is -3.53. The van der Waals surface area contributed by atoms with Crippen molar-refractivity contribution in [2.75, 3.05) is 0 Å². The van der Waals surface area contributed by atoms with E-state index in [0.29, 0.717) is 16.7 Å². The molecule has 114 valence electrons. The third-order valence-corrected chi connectivity index (χ3v) is 2.99. The van der Waals surface area contributed by atoms with Crippen LogP contribution < -0.4 is 5.43 Å². The van der Waals surface area contributed by atoms with Crippen LogP contribution in [0.25, 0.3) is 0 Å². The maximum absolute atomic E-state index is 11.8. The molecule has 0 saturated heterocycles. The Kier molecular flexibility index (Phi) is 5.15. The van der Waals surface area contributed by atoms with Crippen LogP contribution in [-0.4, -0.2) is 17.0 Å². The van der Waals surface area contributed by atoms with Crippen molar-refractivity contribution in [1.82, 2.24) is 5.43 Å². The molecule has 7 heteroatoms. The van der Waals surface area contributed by atoms with Gasteiger partial charge in [0.2, 0.25) is 5.91 Å². The van der Waals surface area contributed by atoms with Gasteiger partial charge in [0.05, 0.1) is 29.2 Å². The number of carbonyl (C=O) groups is 1. The smallest absolute Gasteiger partial charge is 0.269 e. The molecule has 0 fully saturated rings. The van der Waals surface area contributed by atoms with Gasteiger partial charge in [0.1, 0.15) is 0 Å². The Bertz CT molecular complexity index is 792. The van der Waals surface area contributed by atoms with Gasteiger partial charge in [0.25, 0.3) is 5.69 Å². The quantitative estimate of drug-likeness (QED) is 0.518. The summed E-state index contributed by atoms with van der Waals surface area (Å²) >= 11 is 0. The van der Waals surface area contributed by atoms with Gasteiger partial charge in [-0.3, -0.25) is 14.9 Å². The van der Waals surface area contributed by atoms with E-state index in [1.54, 1.807) is 24.3 Å². The van der Waals surface area contributed by atoms with Crippen molar-refractivity contribution in [3.8, 4) is 6.07 Å². The number of non-ortho nitro benzene ring substituents is 1. The van der Waals surface area contributed by atoms with Gasteiger partial charge in [-0.1, -0.05) is 30.3 Å². The summed E-state index contributed by atoms with van der Waals surface area (Å²) in [4.78, 5) is 21.8. The highest BCUT2D eigenvalue weighted by Crippen LogP contribution is 2.12. The summed E-state index contributed by atoms with van der Waals surface area (Å²) in [6, 6.07) is 14.6. The fourth-order valence-corrected chi connectivity index (χ4v) is 1.85. The Morgan fingerprint density at radius 2 is 1.96 bits per heavy atom. The van der Waals surface area contributed by atoms with E-state index in [0.717, 1.165) is 0 Å². The summed E-state index contributed by atoms with van der Waals surface area (Å²) in [7, 11) is 0. The molecule has 0 unspecified atom stereocenters. The molecule has 1 amide bonds. The SMILES string of the molecule is N#Cc1ccccc1/C=N/NC(=O)Cc1ccc([N+](=O)[O-])cc1. The van der Waals surface area contributed by atoms with E-state index in [4.69, 9.17) is 5.26 Å². The molecule has 0 spiro atoms. The first-order chi connectivity index (χ1) is 11.1. The molecule has 0 aliphatic rings. The van der Waals surface area contributed by atoms with Gasteiger partial charge in [0.15, 0.2) is 0 Å². The number of amides is 1. The van der Waals surface area contributed by atoms with Gasteiger partial charge in [-0.25, -0.2) is 5.43 Å². The van der Waals surface area contributed by atoms with Crippen molar-refractivity contribution in [3.05, 3.63) is 75.3 Å². The zero-order valence-electron chi connectivity index (χ0n) is 12.0. The van der Waals surface area contributed by atoms with Crippen molar-refractivity contribution in [3.63, 3.8) is 0 Å². The van der Waals surface area contributed by atoms with Crippen LogP contribution in [0.3, 0.4) is 0 Å². The number of hydrazone groups is 1. The zero-order chi connectivity index (χ0) is 16.7. The number of benzene rings is 2. The molecule has 2 aromatic carbocycles. The molecule has 0 atom stereocenters. The summed E-state index contributed by atoms with van der Waals surface area (Å²) in [6.07, 6.45) is 1.45. The second-order valence-electron chi connectivity index (χ2n) is 4.59. The predicted octanol–water partition coefficient (Wildman–Crippen LogP) is 2.16. The van der Waals surface area contributed by atoms with E-state index in [9.17, 15) is 14.9 Å². The number of rotatable bonds is 5. The second-order valence-corrected chi connectivity index (χ2v) is 4.59. The van der Waals surface area contributed by atoms with Crippen molar-refractivity contribution < 1.29 is 9.72 Å². The Labute approximate surface area is 132 Å². The first-order valence-electron chi connectivity index (χ1n) is 6.64. The molecule has 0 aliphatic carbocycles. The van der Waals surface area contributed by atoms with Crippen molar-refractivity contribution in [1.29, 1.82) is 5.26 Å². The predicted molar refractivity (Wildman–Crippen MR) is 83.7 cm³/mol. The van der Waals surface area contributed by atoms with E-state index in [1.807, 2.05) is 6.07 Å². The molecule has 2 aromatic rings. The van der Waals surface area contributed by atoms with E-state index in [1.165, 1.54) is 30.5 Å². The largest absolute Gasteiger partial charge is 0.273 e.